The van der Waals surface area contributed by atoms with Crippen molar-refractivity contribution in [2.75, 3.05) is 0 Å². The molecule has 0 heterocycles. The first-order valence-electron chi connectivity index (χ1n) is 5.21. The summed E-state index contributed by atoms with van der Waals surface area (Å²) < 4.78 is 22.1. The first-order chi connectivity index (χ1) is 7.86. The summed E-state index contributed by atoms with van der Waals surface area (Å²) in [4.78, 5) is 11.0. The van der Waals surface area contributed by atoms with Crippen LogP contribution >= 0.6 is 0 Å². The molecular formula is C11H15NO4S. The van der Waals surface area contributed by atoms with E-state index in [0.717, 1.165) is 6.42 Å². The Hall–Kier alpha value is -1.40. The first-order valence-corrected chi connectivity index (χ1v) is 6.76. The van der Waals surface area contributed by atoms with Crippen molar-refractivity contribution >= 4 is 16.0 Å². The predicted molar refractivity (Wildman–Crippen MR) is 63.1 cm³/mol. The van der Waals surface area contributed by atoms with Crippen LogP contribution in [-0.2, 0) is 14.8 Å². The zero-order valence-corrected chi connectivity index (χ0v) is 10.3. The monoisotopic (exact) mass is 257 g/mol. The third-order valence-corrected chi connectivity index (χ3v) is 3.42. The molecule has 0 bridgehead atoms. The Morgan fingerprint density at radius 3 is 2.24 bits per heavy atom. The highest BCUT2D eigenvalue weighted by atomic mass is 32.2. The summed E-state index contributed by atoms with van der Waals surface area (Å²) in [5, 5.41) is 14.0. The van der Waals surface area contributed by atoms with Crippen molar-refractivity contribution in [3.05, 3.63) is 29.8 Å². The van der Waals surface area contributed by atoms with Gasteiger partial charge in [0.25, 0.3) is 0 Å². The molecule has 0 aliphatic carbocycles. The highest BCUT2D eigenvalue weighted by Crippen LogP contribution is 2.22. The van der Waals surface area contributed by atoms with Crippen molar-refractivity contribution in [2.45, 2.75) is 30.6 Å². The number of primary sulfonamides is 1. The van der Waals surface area contributed by atoms with Crippen molar-refractivity contribution in [1.82, 2.24) is 0 Å². The molecule has 0 radical (unpaired) electrons. The van der Waals surface area contributed by atoms with Crippen molar-refractivity contribution in [3.8, 4) is 0 Å². The van der Waals surface area contributed by atoms with Crippen LogP contribution in [0.15, 0.2) is 29.2 Å². The number of hydrogen-bond donors (Lipinski definition) is 2. The molecule has 1 rings (SSSR count). The lowest BCUT2D eigenvalue weighted by Crippen LogP contribution is -2.14. The van der Waals surface area contributed by atoms with Gasteiger partial charge in [0.05, 0.1) is 10.8 Å². The second-order valence-corrected chi connectivity index (χ2v) is 5.35. The van der Waals surface area contributed by atoms with Crippen LogP contribution in [0.1, 0.15) is 31.2 Å². The predicted octanol–water partition coefficient (Wildman–Crippen LogP) is 1.30. The molecule has 0 amide bonds. The number of carbonyl (C=O) groups is 1. The van der Waals surface area contributed by atoms with E-state index in [1.165, 1.54) is 24.3 Å². The van der Waals surface area contributed by atoms with Gasteiger partial charge in [-0.1, -0.05) is 25.5 Å². The van der Waals surface area contributed by atoms with Gasteiger partial charge in [0.1, 0.15) is 0 Å². The molecule has 3 N–H and O–H groups in total. The third-order valence-electron chi connectivity index (χ3n) is 2.49. The van der Waals surface area contributed by atoms with Gasteiger partial charge in [-0.15, -0.1) is 0 Å². The summed E-state index contributed by atoms with van der Waals surface area (Å²) >= 11 is 0. The minimum Gasteiger partial charge on any atom is -0.481 e. The van der Waals surface area contributed by atoms with Gasteiger partial charge in [-0.25, -0.2) is 13.6 Å². The normalized spacial score (nSPS) is 13.3. The Kier molecular flexibility index (Phi) is 4.25. The zero-order valence-electron chi connectivity index (χ0n) is 9.46. The Morgan fingerprint density at radius 1 is 1.35 bits per heavy atom. The maximum Gasteiger partial charge on any atom is 0.310 e. The van der Waals surface area contributed by atoms with Gasteiger partial charge >= 0.3 is 5.97 Å². The minimum atomic E-state index is -3.73. The van der Waals surface area contributed by atoms with Crippen LogP contribution in [0.3, 0.4) is 0 Å². The Morgan fingerprint density at radius 2 is 1.88 bits per heavy atom. The molecule has 0 saturated carbocycles. The van der Waals surface area contributed by atoms with Crippen LogP contribution in [0.5, 0.6) is 0 Å². The summed E-state index contributed by atoms with van der Waals surface area (Å²) in [5.74, 6) is -1.51. The van der Waals surface area contributed by atoms with Crippen LogP contribution in [0.2, 0.25) is 0 Å². The summed E-state index contributed by atoms with van der Waals surface area (Å²) in [6.07, 6.45) is 1.26. The Balaban J connectivity index is 3.04. The largest absolute Gasteiger partial charge is 0.481 e. The van der Waals surface area contributed by atoms with E-state index in [-0.39, 0.29) is 4.90 Å². The molecule has 0 aliphatic rings. The molecule has 0 aliphatic heterocycles. The van der Waals surface area contributed by atoms with Crippen molar-refractivity contribution in [3.63, 3.8) is 0 Å². The maximum absolute atomic E-state index is 11.0. The van der Waals surface area contributed by atoms with Gasteiger partial charge < -0.3 is 5.11 Å². The van der Waals surface area contributed by atoms with Gasteiger partial charge in [0, 0.05) is 0 Å². The minimum absolute atomic E-state index is 0.0121. The summed E-state index contributed by atoms with van der Waals surface area (Å²) in [6.45, 7) is 1.90. The highest BCUT2D eigenvalue weighted by Gasteiger charge is 2.19. The number of nitrogens with two attached hydrogens (primary N) is 1. The average Bonchev–Trinajstić information content (AvgIpc) is 2.24. The van der Waals surface area contributed by atoms with Crippen LogP contribution in [0.4, 0.5) is 0 Å². The lowest BCUT2D eigenvalue weighted by atomic mass is 9.95. The van der Waals surface area contributed by atoms with E-state index in [9.17, 15) is 13.2 Å². The smallest absolute Gasteiger partial charge is 0.310 e. The Labute approximate surface area is 100 Å². The molecule has 0 aromatic heterocycles. The second kappa shape index (κ2) is 5.29. The van der Waals surface area contributed by atoms with Crippen molar-refractivity contribution < 1.29 is 18.3 Å². The number of benzene rings is 1. The molecular weight excluding hydrogens is 242 g/mol. The molecule has 17 heavy (non-hydrogen) atoms. The van der Waals surface area contributed by atoms with Gasteiger partial charge in [-0.2, -0.15) is 0 Å². The van der Waals surface area contributed by atoms with E-state index in [1.807, 2.05) is 6.92 Å². The van der Waals surface area contributed by atoms with E-state index in [2.05, 4.69) is 0 Å². The molecule has 0 saturated heterocycles. The SMILES string of the molecule is CCCC(C(=O)O)c1ccc(S(N)(=O)=O)cc1. The van der Waals surface area contributed by atoms with E-state index in [4.69, 9.17) is 10.2 Å². The highest BCUT2D eigenvalue weighted by molar-refractivity contribution is 7.89. The first kappa shape index (κ1) is 13.7. The second-order valence-electron chi connectivity index (χ2n) is 3.79. The molecule has 0 spiro atoms. The third kappa shape index (κ3) is 3.54. The standard InChI is InChI=1S/C11H15NO4S/c1-2-3-10(11(13)14)8-4-6-9(7-5-8)17(12,15)16/h4-7,10H,2-3H2,1H3,(H,13,14)(H2,12,15,16). The van der Waals surface area contributed by atoms with Crippen molar-refractivity contribution in [2.24, 2.45) is 5.14 Å². The fourth-order valence-electron chi connectivity index (χ4n) is 1.61. The summed E-state index contributed by atoms with van der Waals surface area (Å²) in [6, 6.07) is 5.65. The number of carboxylic acid groups (broad SMARTS) is 1. The van der Waals surface area contributed by atoms with E-state index in [1.54, 1.807) is 0 Å². The maximum atomic E-state index is 11.0. The number of carboxylic acids is 1. The van der Waals surface area contributed by atoms with Crippen LogP contribution in [-0.4, -0.2) is 19.5 Å². The number of rotatable bonds is 5. The lowest BCUT2D eigenvalue weighted by molar-refractivity contribution is -0.139. The van der Waals surface area contributed by atoms with E-state index in [0.29, 0.717) is 12.0 Å². The van der Waals surface area contributed by atoms with E-state index < -0.39 is 21.9 Å². The number of hydrogen-bond acceptors (Lipinski definition) is 3. The van der Waals surface area contributed by atoms with Gasteiger partial charge in [0.2, 0.25) is 10.0 Å². The fraction of sp³-hybridized carbons (Fsp3) is 0.364. The zero-order chi connectivity index (χ0) is 13.1. The Bertz CT molecular complexity index is 493. The lowest BCUT2D eigenvalue weighted by Gasteiger charge is -2.11. The fourth-order valence-corrected chi connectivity index (χ4v) is 2.13. The number of aliphatic carboxylic acids is 1. The molecule has 6 heteroatoms. The molecule has 1 aromatic carbocycles. The molecule has 1 unspecified atom stereocenters. The topological polar surface area (TPSA) is 97.5 Å². The summed E-state index contributed by atoms with van der Waals surface area (Å²) in [5.41, 5.74) is 0.590. The van der Waals surface area contributed by atoms with Crippen molar-refractivity contribution in [1.29, 1.82) is 0 Å². The van der Waals surface area contributed by atoms with Gasteiger partial charge in [-0.3, -0.25) is 4.79 Å². The quantitative estimate of drug-likeness (QED) is 0.830. The molecule has 0 fully saturated rings. The summed E-state index contributed by atoms with van der Waals surface area (Å²) in [7, 11) is -3.73. The molecule has 1 atom stereocenters. The van der Waals surface area contributed by atoms with Gasteiger partial charge in [0.15, 0.2) is 0 Å². The number of sulfonamides is 1. The molecule has 5 nitrogen and oxygen atoms in total. The van der Waals surface area contributed by atoms with Gasteiger partial charge in [-0.05, 0) is 24.1 Å². The van der Waals surface area contributed by atoms with Crippen LogP contribution in [0, 0.1) is 0 Å². The van der Waals surface area contributed by atoms with Crippen LogP contribution in [0.25, 0.3) is 0 Å². The molecule has 1 aromatic rings. The van der Waals surface area contributed by atoms with Crippen LogP contribution < -0.4 is 5.14 Å². The average molecular weight is 257 g/mol. The van der Waals surface area contributed by atoms with E-state index >= 15 is 0 Å². The molecule has 94 valence electrons.